The molecule has 168 valence electrons. The molecule has 2 aromatic heterocycles. The maximum Gasteiger partial charge on any atom is 0.254 e. The molecule has 1 atom stereocenters. The summed E-state index contributed by atoms with van der Waals surface area (Å²) in [6, 6.07) is 11.7. The van der Waals surface area contributed by atoms with Gasteiger partial charge in [-0.2, -0.15) is 0 Å². The molecule has 1 N–H and O–H groups in total. The van der Waals surface area contributed by atoms with Crippen LogP contribution in [-0.4, -0.2) is 51.4 Å². The van der Waals surface area contributed by atoms with Crippen LogP contribution in [0.1, 0.15) is 40.8 Å². The minimum Gasteiger partial charge on any atom is -0.347 e. The van der Waals surface area contributed by atoms with Crippen molar-refractivity contribution in [2.75, 3.05) is 25.5 Å². The second-order valence-electron chi connectivity index (χ2n) is 8.58. The zero-order chi connectivity index (χ0) is 23.1. The summed E-state index contributed by atoms with van der Waals surface area (Å²) in [5, 5.41) is 0. The minimum atomic E-state index is -0.322. The molecule has 0 unspecified atom stereocenters. The van der Waals surface area contributed by atoms with Crippen LogP contribution in [0.2, 0.25) is 0 Å². The number of nitrogens with one attached hydrogen (secondary N) is 1. The van der Waals surface area contributed by atoms with E-state index in [1.54, 1.807) is 12.3 Å². The number of hydrogen-bond acceptors (Lipinski definition) is 5. The van der Waals surface area contributed by atoms with E-state index < -0.39 is 0 Å². The first-order valence-corrected chi connectivity index (χ1v) is 11.0. The number of amides is 1. The Labute approximate surface area is 191 Å². The SMILES string of the molecule is Cc1nc2ccc(C(=O)N3CCC[C@@H]3c3nc(N(C)C)ncc3-c3cccc(F)c3)cc2[nH]1. The molecule has 0 aliphatic carbocycles. The van der Waals surface area contributed by atoms with Gasteiger partial charge < -0.3 is 14.8 Å². The summed E-state index contributed by atoms with van der Waals surface area (Å²) in [5.74, 6) is 0.990. The first-order valence-electron chi connectivity index (χ1n) is 11.0. The molecule has 1 aliphatic heterocycles. The monoisotopic (exact) mass is 444 g/mol. The van der Waals surface area contributed by atoms with Crippen LogP contribution in [-0.2, 0) is 0 Å². The number of likely N-dealkylation sites (tertiary alicyclic amines) is 1. The highest BCUT2D eigenvalue weighted by molar-refractivity contribution is 5.97. The van der Waals surface area contributed by atoms with E-state index in [1.807, 2.05) is 55.1 Å². The number of halogens is 1. The van der Waals surface area contributed by atoms with Gasteiger partial charge in [0.05, 0.1) is 22.8 Å². The van der Waals surface area contributed by atoms with Gasteiger partial charge in [-0.1, -0.05) is 12.1 Å². The smallest absolute Gasteiger partial charge is 0.254 e. The van der Waals surface area contributed by atoms with Crippen molar-refractivity contribution in [1.82, 2.24) is 24.8 Å². The number of anilines is 1. The number of H-pyrrole nitrogens is 1. The van der Waals surface area contributed by atoms with Gasteiger partial charge in [-0.25, -0.2) is 19.3 Å². The van der Waals surface area contributed by atoms with Crippen LogP contribution in [0.25, 0.3) is 22.2 Å². The molecule has 8 heteroatoms. The molecule has 5 rings (SSSR count). The third-order valence-corrected chi connectivity index (χ3v) is 6.02. The van der Waals surface area contributed by atoms with Gasteiger partial charge in [0.1, 0.15) is 11.6 Å². The fourth-order valence-corrected chi connectivity index (χ4v) is 4.46. The molecule has 2 aromatic carbocycles. The van der Waals surface area contributed by atoms with E-state index in [0.29, 0.717) is 23.6 Å². The van der Waals surface area contributed by atoms with Gasteiger partial charge in [0.2, 0.25) is 5.95 Å². The fourth-order valence-electron chi connectivity index (χ4n) is 4.46. The summed E-state index contributed by atoms with van der Waals surface area (Å²) in [4.78, 5) is 34.2. The second kappa shape index (κ2) is 8.27. The van der Waals surface area contributed by atoms with Crippen molar-refractivity contribution in [2.45, 2.75) is 25.8 Å². The zero-order valence-electron chi connectivity index (χ0n) is 18.8. The largest absolute Gasteiger partial charge is 0.347 e. The summed E-state index contributed by atoms with van der Waals surface area (Å²) in [5.41, 5.74) is 4.46. The Morgan fingerprint density at radius 2 is 2.03 bits per heavy atom. The summed E-state index contributed by atoms with van der Waals surface area (Å²) in [6.45, 7) is 2.52. The van der Waals surface area contributed by atoms with Crippen LogP contribution in [0.15, 0.2) is 48.7 Å². The van der Waals surface area contributed by atoms with Crippen LogP contribution in [0, 0.1) is 12.7 Å². The lowest BCUT2D eigenvalue weighted by Crippen LogP contribution is -2.31. The van der Waals surface area contributed by atoms with Crippen molar-refractivity contribution in [2.24, 2.45) is 0 Å². The quantitative estimate of drug-likeness (QED) is 0.501. The lowest BCUT2D eigenvalue weighted by Gasteiger charge is -2.27. The van der Waals surface area contributed by atoms with Crippen LogP contribution in [0.3, 0.4) is 0 Å². The normalized spacial score (nSPS) is 15.9. The number of nitrogens with zero attached hydrogens (tertiary/aromatic N) is 5. The number of imidazole rings is 1. The Kier molecular flexibility index (Phi) is 5.28. The van der Waals surface area contributed by atoms with E-state index in [1.165, 1.54) is 12.1 Å². The number of carbonyl (C=O) groups is 1. The zero-order valence-corrected chi connectivity index (χ0v) is 18.8. The highest BCUT2D eigenvalue weighted by Gasteiger charge is 2.34. The van der Waals surface area contributed by atoms with E-state index in [4.69, 9.17) is 4.98 Å². The van der Waals surface area contributed by atoms with Crippen LogP contribution >= 0.6 is 0 Å². The molecular formula is C25H25FN6O. The van der Waals surface area contributed by atoms with E-state index in [2.05, 4.69) is 15.0 Å². The molecule has 7 nitrogen and oxygen atoms in total. The molecule has 1 amide bonds. The molecule has 1 saturated heterocycles. The highest BCUT2D eigenvalue weighted by Crippen LogP contribution is 2.38. The van der Waals surface area contributed by atoms with E-state index in [0.717, 1.165) is 41.0 Å². The summed E-state index contributed by atoms with van der Waals surface area (Å²) in [7, 11) is 3.75. The van der Waals surface area contributed by atoms with Gasteiger partial charge in [-0.15, -0.1) is 0 Å². The predicted molar refractivity (Wildman–Crippen MR) is 126 cm³/mol. The molecule has 33 heavy (non-hydrogen) atoms. The lowest BCUT2D eigenvalue weighted by atomic mass is 9.99. The predicted octanol–water partition coefficient (Wildman–Crippen LogP) is 4.51. The fraction of sp³-hybridized carbons (Fsp3) is 0.280. The van der Waals surface area contributed by atoms with Crippen molar-refractivity contribution >= 4 is 22.9 Å². The number of carbonyl (C=O) groups excluding carboxylic acids is 1. The van der Waals surface area contributed by atoms with Gasteiger partial charge in [-0.05, 0) is 55.7 Å². The van der Waals surface area contributed by atoms with E-state index in [-0.39, 0.29) is 17.8 Å². The molecule has 0 bridgehead atoms. The Morgan fingerprint density at radius 3 is 2.82 bits per heavy atom. The molecular weight excluding hydrogens is 419 g/mol. The minimum absolute atomic E-state index is 0.0538. The third kappa shape index (κ3) is 3.92. The number of hydrogen-bond donors (Lipinski definition) is 1. The van der Waals surface area contributed by atoms with Crippen molar-refractivity contribution < 1.29 is 9.18 Å². The van der Waals surface area contributed by atoms with Crippen LogP contribution in [0.5, 0.6) is 0 Å². The Bertz CT molecular complexity index is 1350. The number of fused-ring (bicyclic) bond motifs is 1. The molecule has 0 radical (unpaired) electrons. The Morgan fingerprint density at radius 1 is 1.18 bits per heavy atom. The standard InChI is InChI=1S/C25H25FN6O/c1-15-28-20-10-9-17(13-21(20)29-15)24(33)32-11-5-8-22(32)23-19(14-27-25(30-23)31(2)3)16-6-4-7-18(26)12-16/h4,6-7,9-10,12-14,22H,5,8,11H2,1-3H3,(H,28,29)/t22-/m1/s1. The first kappa shape index (κ1) is 21.1. The summed E-state index contributed by atoms with van der Waals surface area (Å²) >= 11 is 0. The average Bonchev–Trinajstić information content (AvgIpc) is 3.43. The number of aromatic amines is 1. The van der Waals surface area contributed by atoms with Gasteiger partial charge in [0.25, 0.3) is 5.91 Å². The highest BCUT2D eigenvalue weighted by atomic mass is 19.1. The van der Waals surface area contributed by atoms with Gasteiger partial charge in [0, 0.05) is 38.0 Å². The maximum atomic E-state index is 14.0. The topological polar surface area (TPSA) is 78.0 Å². The van der Waals surface area contributed by atoms with E-state index >= 15 is 0 Å². The Hall–Kier alpha value is -3.81. The van der Waals surface area contributed by atoms with Crippen LogP contribution < -0.4 is 4.90 Å². The van der Waals surface area contributed by atoms with Gasteiger partial charge in [-0.3, -0.25) is 4.79 Å². The van der Waals surface area contributed by atoms with Crippen molar-refractivity contribution in [3.8, 4) is 11.1 Å². The number of benzene rings is 2. The van der Waals surface area contributed by atoms with Gasteiger partial charge in [0.15, 0.2) is 0 Å². The van der Waals surface area contributed by atoms with Crippen molar-refractivity contribution in [3.63, 3.8) is 0 Å². The molecule has 3 heterocycles. The molecule has 1 fully saturated rings. The van der Waals surface area contributed by atoms with Gasteiger partial charge >= 0.3 is 0 Å². The summed E-state index contributed by atoms with van der Waals surface area (Å²) in [6.07, 6.45) is 3.38. The molecule has 0 spiro atoms. The van der Waals surface area contributed by atoms with E-state index in [9.17, 15) is 9.18 Å². The third-order valence-electron chi connectivity index (χ3n) is 6.02. The lowest BCUT2D eigenvalue weighted by molar-refractivity contribution is 0.0733. The molecule has 0 saturated carbocycles. The molecule has 4 aromatic rings. The second-order valence-corrected chi connectivity index (χ2v) is 8.58. The number of rotatable bonds is 4. The summed E-state index contributed by atoms with van der Waals surface area (Å²) < 4.78 is 14.0. The number of aromatic nitrogens is 4. The first-order chi connectivity index (χ1) is 15.9. The van der Waals surface area contributed by atoms with Crippen molar-refractivity contribution in [1.29, 1.82) is 0 Å². The van der Waals surface area contributed by atoms with Crippen LogP contribution in [0.4, 0.5) is 10.3 Å². The number of aryl methyl sites for hydroxylation is 1. The molecule has 1 aliphatic rings. The van der Waals surface area contributed by atoms with Crippen molar-refractivity contribution in [3.05, 3.63) is 71.6 Å². The maximum absolute atomic E-state index is 14.0. The average molecular weight is 445 g/mol. The Balaban J connectivity index is 1.56.